The van der Waals surface area contributed by atoms with E-state index in [1.807, 2.05) is 23.1 Å². The molecule has 0 spiro atoms. The van der Waals surface area contributed by atoms with Gasteiger partial charge in [-0.2, -0.15) is 0 Å². The minimum Gasteiger partial charge on any atom is -0.336 e. The Kier molecular flexibility index (Phi) is 4.42. The Morgan fingerprint density at radius 3 is 2.81 bits per heavy atom. The monoisotopic (exact) mass is 349 g/mol. The summed E-state index contributed by atoms with van der Waals surface area (Å²) in [6.07, 6.45) is 2.76. The van der Waals surface area contributed by atoms with Crippen molar-refractivity contribution in [3.8, 4) is 0 Å². The summed E-state index contributed by atoms with van der Waals surface area (Å²) in [4.78, 5) is 16.7. The highest BCUT2D eigenvalue weighted by atomic mass is 16.2. The highest BCUT2D eigenvalue weighted by Crippen LogP contribution is 2.20. The van der Waals surface area contributed by atoms with Crippen molar-refractivity contribution in [2.75, 3.05) is 27.2 Å². The Labute approximate surface area is 153 Å². The van der Waals surface area contributed by atoms with Crippen LogP contribution in [0.1, 0.15) is 22.5 Å². The quantitative estimate of drug-likeness (QED) is 0.725. The van der Waals surface area contributed by atoms with Crippen LogP contribution in [0.3, 0.4) is 0 Å². The van der Waals surface area contributed by atoms with Crippen molar-refractivity contribution in [1.82, 2.24) is 24.8 Å². The molecule has 1 fully saturated rings. The van der Waals surface area contributed by atoms with Gasteiger partial charge in [-0.3, -0.25) is 4.79 Å². The summed E-state index contributed by atoms with van der Waals surface area (Å²) in [5.74, 6) is -0.0291. The number of rotatable bonds is 4. The molecule has 1 saturated heterocycles. The number of amides is 1. The van der Waals surface area contributed by atoms with Gasteiger partial charge in [0.1, 0.15) is 0 Å². The normalized spacial score (nSPS) is 17.3. The molecule has 4 rings (SSSR count). The average Bonchev–Trinajstić information content (AvgIpc) is 3.31. The van der Waals surface area contributed by atoms with E-state index < -0.39 is 0 Å². The van der Waals surface area contributed by atoms with Gasteiger partial charge in [0.2, 0.25) is 0 Å². The van der Waals surface area contributed by atoms with Gasteiger partial charge in [0, 0.05) is 19.1 Å². The van der Waals surface area contributed by atoms with E-state index in [0.29, 0.717) is 18.3 Å². The van der Waals surface area contributed by atoms with Crippen LogP contribution in [0.5, 0.6) is 0 Å². The molecule has 2 aromatic carbocycles. The Hall–Kier alpha value is -2.73. The van der Waals surface area contributed by atoms with Crippen LogP contribution in [0.25, 0.3) is 10.8 Å². The zero-order chi connectivity index (χ0) is 18.1. The molecule has 2 heterocycles. The van der Waals surface area contributed by atoms with Gasteiger partial charge in [0.15, 0.2) is 5.69 Å². The van der Waals surface area contributed by atoms with Gasteiger partial charge in [0.05, 0.1) is 12.7 Å². The summed E-state index contributed by atoms with van der Waals surface area (Å²) in [5, 5.41) is 10.7. The first-order valence-electron chi connectivity index (χ1n) is 8.94. The van der Waals surface area contributed by atoms with Crippen molar-refractivity contribution >= 4 is 16.7 Å². The first-order chi connectivity index (χ1) is 12.6. The summed E-state index contributed by atoms with van der Waals surface area (Å²) in [5.41, 5.74) is 1.59. The average molecular weight is 349 g/mol. The van der Waals surface area contributed by atoms with Gasteiger partial charge in [-0.05, 0) is 36.9 Å². The second-order valence-electron chi connectivity index (χ2n) is 7.10. The lowest BCUT2D eigenvalue weighted by molar-refractivity contribution is 0.0777. The van der Waals surface area contributed by atoms with Crippen molar-refractivity contribution in [1.29, 1.82) is 0 Å². The zero-order valence-corrected chi connectivity index (χ0v) is 15.2. The van der Waals surface area contributed by atoms with E-state index in [-0.39, 0.29) is 5.91 Å². The number of hydrogen-bond donors (Lipinski definition) is 0. The first kappa shape index (κ1) is 16.7. The van der Waals surface area contributed by atoms with Gasteiger partial charge >= 0.3 is 0 Å². The molecule has 26 heavy (non-hydrogen) atoms. The third kappa shape index (κ3) is 3.20. The van der Waals surface area contributed by atoms with Gasteiger partial charge in [-0.1, -0.05) is 47.7 Å². The Balaban J connectivity index is 1.50. The number of aromatic nitrogens is 3. The van der Waals surface area contributed by atoms with Crippen molar-refractivity contribution in [2.45, 2.75) is 19.0 Å². The van der Waals surface area contributed by atoms with Gasteiger partial charge in [0.25, 0.3) is 5.91 Å². The molecule has 0 N–H and O–H groups in total. The molecule has 6 nitrogen and oxygen atoms in total. The van der Waals surface area contributed by atoms with Crippen LogP contribution >= 0.6 is 0 Å². The third-order valence-electron chi connectivity index (χ3n) is 5.15. The number of hydrogen-bond acceptors (Lipinski definition) is 4. The number of fused-ring (bicyclic) bond motifs is 1. The standard InChI is InChI=1S/C20H23N5O/c1-23(2)17-10-11-24(13-17)20(26)19-14-25(22-21-19)12-16-8-5-7-15-6-3-4-9-18(15)16/h3-9,14,17H,10-13H2,1-2H3/t17-/m1/s1. The highest BCUT2D eigenvalue weighted by molar-refractivity contribution is 5.92. The van der Waals surface area contributed by atoms with Crippen molar-refractivity contribution in [2.24, 2.45) is 0 Å². The van der Waals surface area contributed by atoms with Crippen molar-refractivity contribution < 1.29 is 4.79 Å². The van der Waals surface area contributed by atoms with Crippen LogP contribution in [-0.4, -0.2) is 63.9 Å². The summed E-state index contributed by atoms with van der Waals surface area (Å²) in [7, 11) is 4.11. The van der Waals surface area contributed by atoms with Crippen LogP contribution in [-0.2, 0) is 6.54 Å². The molecule has 1 aromatic heterocycles. The van der Waals surface area contributed by atoms with E-state index in [4.69, 9.17) is 0 Å². The largest absolute Gasteiger partial charge is 0.336 e. The van der Waals surface area contributed by atoms with E-state index in [1.165, 1.54) is 16.3 Å². The fraction of sp³-hybridized carbons (Fsp3) is 0.350. The molecule has 134 valence electrons. The third-order valence-corrected chi connectivity index (χ3v) is 5.15. The number of carbonyl (C=O) groups excluding carboxylic acids is 1. The number of benzene rings is 2. The van der Waals surface area contributed by atoms with Crippen LogP contribution in [0.15, 0.2) is 48.7 Å². The second-order valence-corrected chi connectivity index (χ2v) is 7.10. The maximum atomic E-state index is 12.7. The SMILES string of the molecule is CN(C)[C@@H]1CCN(C(=O)c2cn(Cc3cccc4ccccc34)nn2)C1. The van der Waals surface area contributed by atoms with Gasteiger partial charge < -0.3 is 9.80 Å². The predicted octanol–water partition coefficient (Wildman–Crippen LogP) is 2.26. The molecule has 0 bridgehead atoms. The van der Waals surface area contributed by atoms with Gasteiger partial charge in [-0.25, -0.2) is 4.68 Å². The van der Waals surface area contributed by atoms with E-state index in [2.05, 4.69) is 53.6 Å². The van der Waals surface area contributed by atoms with E-state index in [1.54, 1.807) is 10.9 Å². The number of nitrogens with zero attached hydrogens (tertiary/aromatic N) is 5. The summed E-state index contributed by atoms with van der Waals surface area (Å²) in [6, 6.07) is 14.9. The van der Waals surface area contributed by atoms with Crippen LogP contribution in [0, 0.1) is 0 Å². The summed E-state index contributed by atoms with van der Waals surface area (Å²) >= 11 is 0. The fourth-order valence-electron chi connectivity index (χ4n) is 3.59. The van der Waals surface area contributed by atoms with Gasteiger partial charge in [-0.15, -0.1) is 5.10 Å². The molecule has 3 aromatic rings. The lowest BCUT2D eigenvalue weighted by Crippen LogP contribution is -2.34. The lowest BCUT2D eigenvalue weighted by Gasteiger charge is -2.19. The summed E-state index contributed by atoms with van der Waals surface area (Å²) in [6.45, 7) is 2.13. The van der Waals surface area contributed by atoms with Crippen LogP contribution < -0.4 is 0 Å². The maximum Gasteiger partial charge on any atom is 0.276 e. The van der Waals surface area contributed by atoms with Crippen molar-refractivity contribution in [3.05, 3.63) is 59.9 Å². The summed E-state index contributed by atoms with van der Waals surface area (Å²) < 4.78 is 1.74. The topological polar surface area (TPSA) is 54.3 Å². The molecule has 0 aliphatic carbocycles. The minimum absolute atomic E-state index is 0.0291. The molecular weight excluding hydrogens is 326 g/mol. The number of likely N-dealkylation sites (N-methyl/N-ethyl adjacent to an activating group) is 1. The van der Waals surface area contributed by atoms with E-state index in [0.717, 1.165) is 19.5 Å². The number of carbonyl (C=O) groups is 1. The minimum atomic E-state index is -0.0291. The van der Waals surface area contributed by atoms with E-state index >= 15 is 0 Å². The second kappa shape index (κ2) is 6.88. The zero-order valence-electron chi connectivity index (χ0n) is 15.2. The highest BCUT2D eigenvalue weighted by Gasteiger charge is 2.29. The molecule has 0 saturated carbocycles. The molecular formula is C20H23N5O. The van der Waals surface area contributed by atoms with Crippen molar-refractivity contribution in [3.63, 3.8) is 0 Å². The molecule has 0 radical (unpaired) electrons. The smallest absolute Gasteiger partial charge is 0.276 e. The molecule has 1 aliphatic rings. The fourth-order valence-corrected chi connectivity index (χ4v) is 3.59. The molecule has 1 aliphatic heterocycles. The van der Waals surface area contributed by atoms with Crippen LogP contribution in [0.4, 0.5) is 0 Å². The molecule has 1 atom stereocenters. The van der Waals surface area contributed by atoms with Crippen LogP contribution in [0.2, 0.25) is 0 Å². The van der Waals surface area contributed by atoms with E-state index in [9.17, 15) is 4.79 Å². The lowest BCUT2D eigenvalue weighted by atomic mass is 10.0. The Morgan fingerprint density at radius 2 is 2.00 bits per heavy atom. The Bertz CT molecular complexity index is 927. The molecule has 0 unspecified atom stereocenters. The Morgan fingerprint density at radius 1 is 1.19 bits per heavy atom. The maximum absolute atomic E-state index is 12.7. The number of likely N-dealkylation sites (tertiary alicyclic amines) is 1. The molecule has 1 amide bonds. The molecule has 6 heteroatoms. The first-order valence-corrected chi connectivity index (χ1v) is 8.94. The predicted molar refractivity (Wildman–Crippen MR) is 101 cm³/mol.